The van der Waals surface area contributed by atoms with Crippen LogP contribution in [-0.2, 0) is 51.2 Å². The Morgan fingerprint density at radius 2 is 0.455 bits per heavy atom. The van der Waals surface area contributed by atoms with Gasteiger partial charge in [0.05, 0.1) is 0 Å². The molecule has 0 aromatic carbocycles. The van der Waals surface area contributed by atoms with Crippen molar-refractivity contribution in [1.82, 2.24) is 0 Å². The molecule has 11 heteroatoms. The van der Waals surface area contributed by atoms with E-state index in [-0.39, 0.29) is 51.2 Å². The summed E-state index contributed by atoms with van der Waals surface area (Å²) in [4.78, 5) is 0. The van der Waals surface area contributed by atoms with Gasteiger partial charge in [-0.2, -0.15) is 0 Å². The van der Waals surface area contributed by atoms with Gasteiger partial charge in [0.2, 0.25) is 0 Å². The van der Waals surface area contributed by atoms with Crippen LogP contribution in [-0.4, -0.2) is 14.6 Å². The van der Waals surface area contributed by atoms with Crippen LogP contribution >= 0.6 is 0 Å². The molecular weight excluding hydrogens is 285 g/mol. The Morgan fingerprint density at radius 3 is 0.455 bits per heavy atom. The van der Waals surface area contributed by atoms with Gasteiger partial charge in [-0.15, -0.1) is 0 Å². The van der Waals surface area contributed by atoms with Crippen LogP contribution in [0.15, 0.2) is 0 Å². The fraction of sp³-hybridized carbons (Fsp3) is 0. The zero-order valence-corrected chi connectivity index (χ0v) is 7.98. The summed E-state index contributed by atoms with van der Waals surface area (Å²) in [5.74, 6) is 0. The minimum atomic E-state index is -2.92. The van der Waals surface area contributed by atoms with Crippen LogP contribution in [0.5, 0.6) is 0 Å². The van der Waals surface area contributed by atoms with Crippen molar-refractivity contribution in [1.29, 1.82) is 0 Å². The quantitative estimate of drug-likeness (QED) is 0.405. The monoisotopic (exact) mass is 286 g/mol. The topological polar surface area (TPSA) is 138 Å². The van der Waals surface area contributed by atoms with E-state index in [2.05, 4.69) is 0 Å². The molecule has 0 spiro atoms. The molecule has 0 rings (SSSR count). The standard InChI is InChI=1S/2BO3.3Fe/c2*2-1(3)4;;;/q2*-3;3*+2. The Labute approximate surface area is 95.8 Å². The summed E-state index contributed by atoms with van der Waals surface area (Å²) in [6.45, 7) is 0. The van der Waals surface area contributed by atoms with Gasteiger partial charge in [-0.25, -0.2) is 0 Å². The molecule has 0 aromatic heterocycles. The summed E-state index contributed by atoms with van der Waals surface area (Å²) in [5.41, 5.74) is 0. The maximum absolute atomic E-state index is 8.42. The molecule has 11 heavy (non-hydrogen) atoms. The molecule has 0 saturated heterocycles. The van der Waals surface area contributed by atoms with Crippen molar-refractivity contribution in [2.45, 2.75) is 0 Å². The first-order valence-corrected chi connectivity index (χ1v) is 1.41. The molecule has 0 unspecified atom stereocenters. The molecule has 0 amide bonds. The minimum absolute atomic E-state index is 0. The molecule has 0 aromatic rings. The van der Waals surface area contributed by atoms with Gasteiger partial charge in [0, 0.05) is 0 Å². The first-order chi connectivity index (χ1) is 3.46. The summed E-state index contributed by atoms with van der Waals surface area (Å²) in [5, 5.41) is 50.5. The Morgan fingerprint density at radius 1 is 0.455 bits per heavy atom. The van der Waals surface area contributed by atoms with Crippen molar-refractivity contribution in [3.63, 3.8) is 0 Å². The van der Waals surface area contributed by atoms with Gasteiger partial charge in [0.15, 0.2) is 0 Å². The van der Waals surface area contributed by atoms with Crippen molar-refractivity contribution in [3.8, 4) is 0 Å². The average Bonchev–Trinajstić information content (AvgIpc) is 1.25. The Bertz CT molecular complexity index is 31.3. The van der Waals surface area contributed by atoms with E-state index in [1.807, 2.05) is 0 Å². The third-order valence-electron chi connectivity index (χ3n) is 0. The smallest absolute Gasteiger partial charge is 0.907 e. The van der Waals surface area contributed by atoms with Crippen molar-refractivity contribution in [2.75, 3.05) is 0 Å². The van der Waals surface area contributed by atoms with Gasteiger partial charge in [-0.3, -0.25) is 14.6 Å². The fourth-order valence-corrected chi connectivity index (χ4v) is 0. The van der Waals surface area contributed by atoms with E-state index < -0.39 is 14.6 Å². The second-order valence-electron chi connectivity index (χ2n) is 0.577. The van der Waals surface area contributed by atoms with Crippen molar-refractivity contribution >= 4 is 14.6 Å². The van der Waals surface area contributed by atoms with E-state index in [1.54, 1.807) is 0 Å². The second kappa shape index (κ2) is 22.5. The molecule has 0 aliphatic carbocycles. The zero-order chi connectivity index (χ0) is 7.15. The van der Waals surface area contributed by atoms with E-state index in [0.717, 1.165) is 0 Å². The molecule has 0 heterocycles. The largest absolute Gasteiger partial charge is 2.00 e. The Kier molecular flexibility index (Phi) is 60.2. The maximum Gasteiger partial charge on any atom is 2.00 e. The number of rotatable bonds is 0. The van der Waals surface area contributed by atoms with Crippen LogP contribution in [0.25, 0.3) is 0 Å². The van der Waals surface area contributed by atoms with Crippen LogP contribution in [0.4, 0.5) is 0 Å². The Balaban J connectivity index is -0.0000000171. The third-order valence-corrected chi connectivity index (χ3v) is 0. The summed E-state index contributed by atoms with van der Waals surface area (Å²) >= 11 is 0. The van der Waals surface area contributed by atoms with Gasteiger partial charge < -0.3 is 30.1 Å². The summed E-state index contributed by atoms with van der Waals surface area (Å²) in [7, 11) is -5.83. The molecule has 0 fully saturated rings. The maximum atomic E-state index is 8.42. The van der Waals surface area contributed by atoms with Crippen LogP contribution in [0, 0.1) is 0 Å². The van der Waals surface area contributed by atoms with Gasteiger partial charge in [-0.1, -0.05) is 0 Å². The Hall–Kier alpha value is 1.45. The first kappa shape index (κ1) is 29.4. The van der Waals surface area contributed by atoms with E-state index >= 15 is 0 Å². The van der Waals surface area contributed by atoms with Crippen molar-refractivity contribution in [3.05, 3.63) is 0 Å². The predicted octanol–water partition coefficient (Wildman–Crippen LogP) is -7.90. The second-order valence-corrected chi connectivity index (χ2v) is 0.577. The van der Waals surface area contributed by atoms with Crippen LogP contribution in [0.2, 0.25) is 0 Å². The molecule has 0 aliphatic heterocycles. The molecule has 0 aliphatic rings. The fourth-order valence-electron chi connectivity index (χ4n) is 0. The van der Waals surface area contributed by atoms with Gasteiger partial charge in [-0.05, 0) is 0 Å². The molecule has 0 saturated carbocycles. The van der Waals surface area contributed by atoms with E-state index in [1.165, 1.54) is 0 Å². The van der Waals surface area contributed by atoms with Crippen molar-refractivity contribution < 1.29 is 81.4 Å². The van der Waals surface area contributed by atoms with E-state index in [4.69, 9.17) is 30.1 Å². The zero-order valence-electron chi connectivity index (χ0n) is 4.66. The van der Waals surface area contributed by atoms with Gasteiger partial charge >= 0.3 is 51.2 Å². The SMILES string of the molecule is [Fe+2].[Fe+2].[Fe+2].[O-]B([O-])[O-].[O-]B([O-])[O-]. The molecule has 0 N–H and O–H groups in total. The molecule has 0 bridgehead atoms. The van der Waals surface area contributed by atoms with Crippen molar-refractivity contribution in [2.24, 2.45) is 0 Å². The van der Waals surface area contributed by atoms with Gasteiger partial charge in [0.1, 0.15) is 0 Å². The third kappa shape index (κ3) is 487. The summed E-state index contributed by atoms with van der Waals surface area (Å²) in [6, 6.07) is 0. The average molecular weight is 285 g/mol. The number of hydrogen-bond acceptors (Lipinski definition) is 6. The molecule has 0 radical (unpaired) electrons. The van der Waals surface area contributed by atoms with Crippen LogP contribution < -0.4 is 30.1 Å². The van der Waals surface area contributed by atoms with Gasteiger partial charge in [0.25, 0.3) is 0 Å². The first-order valence-electron chi connectivity index (χ1n) is 1.41. The molecule has 66 valence electrons. The number of hydrogen-bond donors (Lipinski definition) is 0. The molecule has 6 nitrogen and oxygen atoms in total. The predicted molar refractivity (Wildman–Crippen MR) is 11.5 cm³/mol. The molecule has 0 atom stereocenters. The molecular formula is B2Fe3O6. The summed E-state index contributed by atoms with van der Waals surface area (Å²) < 4.78 is 0. The van der Waals surface area contributed by atoms with E-state index in [0.29, 0.717) is 0 Å². The summed E-state index contributed by atoms with van der Waals surface area (Å²) in [6.07, 6.45) is 0. The normalized spacial score (nSPS) is 4.91. The van der Waals surface area contributed by atoms with Crippen LogP contribution in [0.1, 0.15) is 0 Å². The minimum Gasteiger partial charge on any atom is -0.907 e. The van der Waals surface area contributed by atoms with E-state index in [9.17, 15) is 0 Å². The van der Waals surface area contributed by atoms with Crippen LogP contribution in [0.3, 0.4) is 0 Å².